The van der Waals surface area contributed by atoms with Gasteiger partial charge in [-0.15, -0.1) is 0 Å². The first-order valence-electron chi connectivity index (χ1n) is 4.84. The van der Waals surface area contributed by atoms with E-state index in [2.05, 4.69) is 10.6 Å². The van der Waals surface area contributed by atoms with E-state index in [1.54, 1.807) is 31.2 Å². The van der Waals surface area contributed by atoms with Gasteiger partial charge in [0.2, 0.25) is 0 Å². The second-order valence-electron chi connectivity index (χ2n) is 3.37. The van der Waals surface area contributed by atoms with E-state index in [9.17, 15) is 4.79 Å². The van der Waals surface area contributed by atoms with Crippen LogP contribution in [0.1, 0.15) is 12.5 Å². The zero-order chi connectivity index (χ0) is 12.0. The zero-order valence-electron chi connectivity index (χ0n) is 8.90. The predicted molar refractivity (Wildman–Crippen MR) is 59.9 cm³/mol. The van der Waals surface area contributed by atoms with E-state index in [1.807, 2.05) is 6.07 Å². The molecule has 0 saturated carbocycles. The molecular formula is C11H13N3O2. The Morgan fingerprint density at radius 3 is 2.62 bits per heavy atom. The third-order valence-electron chi connectivity index (χ3n) is 1.92. The Hall–Kier alpha value is -2.06. The van der Waals surface area contributed by atoms with E-state index in [-0.39, 0.29) is 18.7 Å². The molecule has 0 bridgehead atoms. The Bertz CT molecular complexity index is 395. The quantitative estimate of drug-likeness (QED) is 0.710. The van der Waals surface area contributed by atoms with Crippen LogP contribution < -0.4 is 10.6 Å². The highest BCUT2D eigenvalue weighted by Gasteiger charge is 2.05. The van der Waals surface area contributed by atoms with Gasteiger partial charge >= 0.3 is 6.03 Å². The lowest BCUT2D eigenvalue weighted by molar-refractivity contribution is 0.229. The number of carbonyl (C=O) groups excluding carboxylic acids is 1. The summed E-state index contributed by atoms with van der Waals surface area (Å²) in [5.74, 6) is 0. The average Bonchev–Trinajstić information content (AvgIpc) is 2.29. The highest BCUT2D eigenvalue weighted by Crippen LogP contribution is 2.08. The Balaban J connectivity index is 2.53. The summed E-state index contributed by atoms with van der Waals surface area (Å²) >= 11 is 0. The standard InChI is InChI=1S/C11H13N3O2/c1-8(7-15)13-11(16)14-10-4-2-9(6-12)3-5-10/h2-5,8,15H,7H2,1H3,(H2,13,14,16)/t8-/m0/s1. The van der Waals surface area contributed by atoms with Gasteiger partial charge < -0.3 is 15.7 Å². The Labute approximate surface area is 93.7 Å². The summed E-state index contributed by atoms with van der Waals surface area (Å²) in [6.45, 7) is 1.58. The predicted octanol–water partition coefficient (Wildman–Crippen LogP) is 1.06. The van der Waals surface area contributed by atoms with Crippen LogP contribution in [0.15, 0.2) is 24.3 Å². The number of hydrogen-bond acceptors (Lipinski definition) is 3. The number of urea groups is 1. The molecule has 1 aromatic carbocycles. The van der Waals surface area contributed by atoms with Crippen molar-refractivity contribution in [1.82, 2.24) is 5.32 Å². The molecule has 1 aromatic rings. The van der Waals surface area contributed by atoms with Crippen molar-refractivity contribution in [2.75, 3.05) is 11.9 Å². The summed E-state index contributed by atoms with van der Waals surface area (Å²) in [6, 6.07) is 7.82. The first-order chi connectivity index (χ1) is 7.65. The molecule has 16 heavy (non-hydrogen) atoms. The fourth-order valence-electron chi connectivity index (χ4n) is 1.06. The third-order valence-corrected chi connectivity index (χ3v) is 1.92. The monoisotopic (exact) mass is 219 g/mol. The molecule has 0 radical (unpaired) electrons. The van der Waals surface area contributed by atoms with Crippen LogP contribution in [0, 0.1) is 11.3 Å². The van der Waals surface area contributed by atoms with E-state index < -0.39 is 0 Å². The topological polar surface area (TPSA) is 85.2 Å². The van der Waals surface area contributed by atoms with Crippen LogP contribution in [0.5, 0.6) is 0 Å². The first kappa shape index (κ1) is 12.0. The fraction of sp³-hybridized carbons (Fsp3) is 0.273. The van der Waals surface area contributed by atoms with Crippen LogP contribution in [-0.2, 0) is 0 Å². The molecule has 0 aliphatic carbocycles. The molecule has 84 valence electrons. The average molecular weight is 219 g/mol. The highest BCUT2D eigenvalue weighted by molar-refractivity contribution is 5.89. The number of anilines is 1. The smallest absolute Gasteiger partial charge is 0.319 e. The van der Waals surface area contributed by atoms with Crippen LogP contribution >= 0.6 is 0 Å². The summed E-state index contributed by atoms with van der Waals surface area (Å²) in [6.07, 6.45) is 0. The molecule has 5 nitrogen and oxygen atoms in total. The van der Waals surface area contributed by atoms with E-state index in [0.29, 0.717) is 11.3 Å². The number of nitrogens with one attached hydrogen (secondary N) is 2. The minimum Gasteiger partial charge on any atom is -0.394 e. The normalized spacial score (nSPS) is 11.3. The van der Waals surface area contributed by atoms with Crippen molar-refractivity contribution in [3.63, 3.8) is 0 Å². The van der Waals surface area contributed by atoms with Gasteiger partial charge in [0, 0.05) is 5.69 Å². The third kappa shape index (κ3) is 3.59. The van der Waals surface area contributed by atoms with Crippen LogP contribution in [0.3, 0.4) is 0 Å². The number of aliphatic hydroxyl groups excluding tert-OH is 1. The number of carbonyl (C=O) groups is 1. The highest BCUT2D eigenvalue weighted by atomic mass is 16.3. The maximum Gasteiger partial charge on any atom is 0.319 e. The van der Waals surface area contributed by atoms with Gasteiger partial charge in [-0.3, -0.25) is 0 Å². The fourth-order valence-corrected chi connectivity index (χ4v) is 1.06. The van der Waals surface area contributed by atoms with Gasteiger partial charge in [-0.2, -0.15) is 5.26 Å². The lowest BCUT2D eigenvalue weighted by atomic mass is 10.2. The number of rotatable bonds is 3. The molecule has 0 aliphatic heterocycles. The van der Waals surface area contributed by atoms with E-state index >= 15 is 0 Å². The van der Waals surface area contributed by atoms with Crippen LogP contribution in [-0.4, -0.2) is 23.8 Å². The Morgan fingerprint density at radius 1 is 1.50 bits per heavy atom. The molecule has 0 aromatic heterocycles. The summed E-state index contributed by atoms with van der Waals surface area (Å²) < 4.78 is 0. The van der Waals surface area contributed by atoms with Crippen LogP contribution in [0.25, 0.3) is 0 Å². The minimum absolute atomic E-state index is 0.110. The van der Waals surface area contributed by atoms with Gasteiger partial charge in [0.05, 0.1) is 24.3 Å². The first-order valence-corrected chi connectivity index (χ1v) is 4.84. The van der Waals surface area contributed by atoms with E-state index in [0.717, 1.165) is 0 Å². The van der Waals surface area contributed by atoms with Crippen LogP contribution in [0.4, 0.5) is 10.5 Å². The summed E-state index contributed by atoms with van der Waals surface area (Å²) in [5, 5.41) is 22.5. The molecule has 1 rings (SSSR count). The second kappa shape index (κ2) is 5.73. The number of benzene rings is 1. The minimum atomic E-state index is -0.383. The Kier molecular flexibility index (Phi) is 4.30. The molecule has 1 atom stereocenters. The number of hydrogen-bond donors (Lipinski definition) is 3. The number of nitrogens with zero attached hydrogens (tertiary/aromatic N) is 1. The molecule has 0 saturated heterocycles. The van der Waals surface area contributed by atoms with Gasteiger partial charge in [-0.1, -0.05) is 0 Å². The second-order valence-corrected chi connectivity index (χ2v) is 3.37. The molecule has 2 amide bonds. The van der Waals surface area contributed by atoms with Crippen molar-refractivity contribution >= 4 is 11.7 Å². The van der Waals surface area contributed by atoms with Gasteiger partial charge in [0.1, 0.15) is 0 Å². The molecule has 0 heterocycles. The molecule has 0 unspecified atom stereocenters. The number of amides is 2. The van der Waals surface area contributed by atoms with Gasteiger partial charge in [0.15, 0.2) is 0 Å². The maximum absolute atomic E-state index is 11.3. The van der Waals surface area contributed by atoms with Gasteiger partial charge in [0.25, 0.3) is 0 Å². The maximum atomic E-state index is 11.3. The van der Waals surface area contributed by atoms with Crippen molar-refractivity contribution in [1.29, 1.82) is 5.26 Å². The number of aliphatic hydroxyl groups is 1. The molecule has 3 N–H and O–H groups in total. The van der Waals surface area contributed by atoms with Crippen molar-refractivity contribution in [3.8, 4) is 6.07 Å². The largest absolute Gasteiger partial charge is 0.394 e. The molecule has 0 aliphatic rings. The number of nitriles is 1. The zero-order valence-corrected chi connectivity index (χ0v) is 8.90. The van der Waals surface area contributed by atoms with Crippen molar-refractivity contribution in [2.24, 2.45) is 0 Å². The SMILES string of the molecule is C[C@@H](CO)NC(=O)Nc1ccc(C#N)cc1. The van der Waals surface area contributed by atoms with Gasteiger partial charge in [-0.25, -0.2) is 4.79 Å². The van der Waals surface area contributed by atoms with E-state index in [1.165, 1.54) is 0 Å². The molecule has 0 spiro atoms. The van der Waals surface area contributed by atoms with E-state index in [4.69, 9.17) is 10.4 Å². The van der Waals surface area contributed by atoms with Crippen molar-refractivity contribution < 1.29 is 9.90 Å². The summed E-state index contributed by atoms with van der Waals surface area (Å²) in [5.41, 5.74) is 1.14. The Morgan fingerprint density at radius 2 is 2.12 bits per heavy atom. The van der Waals surface area contributed by atoms with Crippen LogP contribution in [0.2, 0.25) is 0 Å². The summed E-state index contributed by atoms with van der Waals surface area (Å²) in [4.78, 5) is 11.3. The van der Waals surface area contributed by atoms with Crippen molar-refractivity contribution in [2.45, 2.75) is 13.0 Å². The summed E-state index contributed by atoms with van der Waals surface area (Å²) in [7, 11) is 0. The molecule has 0 fully saturated rings. The molecule has 5 heteroatoms. The lowest BCUT2D eigenvalue weighted by Crippen LogP contribution is -2.38. The lowest BCUT2D eigenvalue weighted by Gasteiger charge is -2.11. The molecular weight excluding hydrogens is 206 g/mol. The van der Waals surface area contributed by atoms with Crippen molar-refractivity contribution in [3.05, 3.63) is 29.8 Å². The van der Waals surface area contributed by atoms with Gasteiger partial charge in [-0.05, 0) is 31.2 Å².